The predicted molar refractivity (Wildman–Crippen MR) is 101 cm³/mol. The van der Waals surface area contributed by atoms with Gasteiger partial charge < -0.3 is 0 Å². The largest absolute Gasteiger partial charge is 0.272 e. The summed E-state index contributed by atoms with van der Waals surface area (Å²) < 4.78 is 0. The summed E-state index contributed by atoms with van der Waals surface area (Å²) in [7, 11) is 0. The number of nitrogens with one attached hydrogen (secondary N) is 2. The second-order valence-corrected chi connectivity index (χ2v) is 6.99. The first-order valence-corrected chi connectivity index (χ1v) is 8.82. The van der Waals surface area contributed by atoms with Gasteiger partial charge in [-0.3, -0.25) is 20.4 Å². The smallest absolute Gasteiger partial charge is 0.269 e. The molecule has 0 spiro atoms. The minimum Gasteiger partial charge on any atom is -0.272 e. The van der Waals surface area contributed by atoms with Crippen LogP contribution in [0, 0.1) is 0 Å². The van der Waals surface area contributed by atoms with Gasteiger partial charge in [0.1, 0.15) is 0 Å². The van der Waals surface area contributed by atoms with E-state index in [9.17, 15) is 9.59 Å². The van der Waals surface area contributed by atoms with Gasteiger partial charge in [-0.2, -0.15) is 0 Å². The molecule has 0 aromatic heterocycles. The third kappa shape index (κ3) is 4.39. The fourth-order valence-corrected chi connectivity index (χ4v) is 3.30. The molecule has 126 valence electrons. The normalized spacial score (nSPS) is 11.7. The fraction of sp³-hybridized carbons (Fsp3) is 0.100. The number of amides is 2. The van der Waals surface area contributed by atoms with Crippen LogP contribution in [0.2, 0.25) is 0 Å². The van der Waals surface area contributed by atoms with Crippen LogP contribution in [-0.4, -0.2) is 17.1 Å². The molecule has 0 heterocycles. The average Bonchev–Trinajstić information content (AvgIpc) is 2.66. The Kier molecular flexibility index (Phi) is 5.36. The third-order valence-corrected chi connectivity index (χ3v) is 4.83. The van der Waals surface area contributed by atoms with E-state index in [0.29, 0.717) is 5.56 Å². The highest BCUT2D eigenvalue weighted by Gasteiger charge is 2.15. The molecule has 5 heteroatoms. The highest BCUT2D eigenvalue weighted by Crippen LogP contribution is 2.26. The van der Waals surface area contributed by atoms with Gasteiger partial charge in [-0.1, -0.05) is 48.5 Å². The lowest BCUT2D eigenvalue weighted by Gasteiger charge is -2.13. The van der Waals surface area contributed by atoms with Crippen LogP contribution >= 0.6 is 11.8 Å². The Morgan fingerprint density at radius 1 is 0.840 bits per heavy atom. The summed E-state index contributed by atoms with van der Waals surface area (Å²) >= 11 is 1.45. The molecule has 0 saturated carbocycles. The van der Waals surface area contributed by atoms with Gasteiger partial charge >= 0.3 is 0 Å². The van der Waals surface area contributed by atoms with Crippen molar-refractivity contribution in [2.45, 2.75) is 17.1 Å². The van der Waals surface area contributed by atoms with Crippen molar-refractivity contribution in [3.8, 4) is 0 Å². The van der Waals surface area contributed by atoms with Crippen molar-refractivity contribution < 1.29 is 9.59 Å². The summed E-state index contributed by atoms with van der Waals surface area (Å²) in [6.45, 7) is 1.81. The molecule has 3 aromatic rings. The Morgan fingerprint density at radius 2 is 1.52 bits per heavy atom. The molecule has 0 aliphatic heterocycles. The second-order valence-electron chi connectivity index (χ2n) is 5.58. The number of carbonyl (C=O) groups is 2. The summed E-state index contributed by atoms with van der Waals surface area (Å²) in [6.07, 6.45) is 0. The lowest BCUT2D eigenvalue weighted by Crippen LogP contribution is -2.44. The van der Waals surface area contributed by atoms with Crippen LogP contribution in [-0.2, 0) is 4.79 Å². The SMILES string of the molecule is C[C@@H](Sc1ccc2ccccc2c1)C(=O)NNC(=O)c1ccccc1. The molecule has 0 saturated heterocycles. The molecule has 1 atom stereocenters. The lowest BCUT2D eigenvalue weighted by atomic mass is 10.1. The molecule has 0 aliphatic rings. The molecule has 0 aliphatic carbocycles. The van der Waals surface area contributed by atoms with Crippen molar-refractivity contribution in [2.24, 2.45) is 0 Å². The number of hydrazine groups is 1. The van der Waals surface area contributed by atoms with Crippen LogP contribution in [0.25, 0.3) is 10.8 Å². The second kappa shape index (κ2) is 7.85. The van der Waals surface area contributed by atoms with Crippen molar-refractivity contribution in [3.05, 3.63) is 78.4 Å². The van der Waals surface area contributed by atoms with E-state index in [-0.39, 0.29) is 17.1 Å². The first-order chi connectivity index (χ1) is 12.1. The number of rotatable bonds is 4. The molecule has 4 nitrogen and oxygen atoms in total. The standard InChI is InChI=1S/C20H18N2O2S/c1-14(19(23)21-22-20(24)16-8-3-2-4-9-16)25-18-12-11-15-7-5-6-10-17(15)13-18/h2-14H,1H3,(H,21,23)(H,22,24)/t14-/m1/s1. The number of carbonyl (C=O) groups excluding carboxylic acids is 2. The van der Waals surface area contributed by atoms with E-state index < -0.39 is 0 Å². The van der Waals surface area contributed by atoms with Gasteiger partial charge in [0.15, 0.2) is 0 Å². The molecule has 0 bridgehead atoms. The summed E-state index contributed by atoms with van der Waals surface area (Å²) in [5.74, 6) is -0.584. The number of hydrogen-bond donors (Lipinski definition) is 2. The van der Waals surface area contributed by atoms with Crippen molar-refractivity contribution in [3.63, 3.8) is 0 Å². The van der Waals surface area contributed by atoms with Crippen LogP contribution in [0.5, 0.6) is 0 Å². The van der Waals surface area contributed by atoms with Gasteiger partial charge in [-0.15, -0.1) is 11.8 Å². The number of benzene rings is 3. The first-order valence-electron chi connectivity index (χ1n) is 7.94. The monoisotopic (exact) mass is 350 g/mol. The molecule has 2 N–H and O–H groups in total. The molecule has 3 rings (SSSR count). The lowest BCUT2D eigenvalue weighted by molar-refractivity contribution is -0.121. The van der Waals surface area contributed by atoms with Gasteiger partial charge in [-0.05, 0) is 42.0 Å². The summed E-state index contributed by atoms with van der Waals surface area (Å²) in [6, 6.07) is 23.0. The van der Waals surface area contributed by atoms with E-state index in [0.717, 1.165) is 10.3 Å². The molecule has 0 unspecified atom stereocenters. The quantitative estimate of drug-likeness (QED) is 0.556. The first kappa shape index (κ1) is 17.0. The fourth-order valence-electron chi connectivity index (χ4n) is 2.38. The Hall–Kier alpha value is -2.79. The number of hydrogen-bond acceptors (Lipinski definition) is 3. The number of fused-ring (bicyclic) bond motifs is 1. The van der Waals surface area contributed by atoms with Gasteiger partial charge in [0.25, 0.3) is 11.8 Å². The number of thioether (sulfide) groups is 1. The maximum absolute atomic E-state index is 12.2. The van der Waals surface area contributed by atoms with E-state index in [4.69, 9.17) is 0 Å². The van der Waals surface area contributed by atoms with Crippen LogP contribution < -0.4 is 10.9 Å². The van der Waals surface area contributed by atoms with E-state index >= 15 is 0 Å². The van der Waals surface area contributed by atoms with Gasteiger partial charge in [0, 0.05) is 10.5 Å². The zero-order valence-electron chi connectivity index (χ0n) is 13.7. The minimum absolute atomic E-state index is 0.248. The van der Waals surface area contributed by atoms with E-state index in [2.05, 4.69) is 23.0 Å². The minimum atomic E-state index is -0.336. The van der Waals surface area contributed by atoms with Gasteiger partial charge in [0.2, 0.25) is 0 Å². The van der Waals surface area contributed by atoms with Crippen molar-refractivity contribution >= 4 is 34.3 Å². The summed E-state index contributed by atoms with van der Waals surface area (Å²) in [5, 5.41) is 1.97. The molecule has 3 aromatic carbocycles. The zero-order chi connectivity index (χ0) is 17.6. The highest BCUT2D eigenvalue weighted by atomic mass is 32.2. The molecule has 0 fully saturated rings. The topological polar surface area (TPSA) is 58.2 Å². The van der Waals surface area contributed by atoms with Crippen molar-refractivity contribution in [2.75, 3.05) is 0 Å². The molecular weight excluding hydrogens is 332 g/mol. The third-order valence-electron chi connectivity index (χ3n) is 3.74. The predicted octanol–water partition coefficient (Wildman–Crippen LogP) is 3.78. The summed E-state index contributed by atoms with van der Waals surface area (Å²) in [4.78, 5) is 25.2. The van der Waals surface area contributed by atoms with E-state index in [1.807, 2.05) is 43.3 Å². The van der Waals surface area contributed by atoms with Gasteiger partial charge in [-0.25, -0.2) is 0 Å². The van der Waals surface area contributed by atoms with E-state index in [1.54, 1.807) is 24.3 Å². The average molecular weight is 350 g/mol. The highest BCUT2D eigenvalue weighted by molar-refractivity contribution is 8.00. The van der Waals surface area contributed by atoms with Crippen LogP contribution in [0.1, 0.15) is 17.3 Å². The maximum Gasteiger partial charge on any atom is 0.269 e. The Bertz CT molecular complexity index is 896. The zero-order valence-corrected chi connectivity index (χ0v) is 14.5. The van der Waals surface area contributed by atoms with Crippen LogP contribution in [0.3, 0.4) is 0 Å². The van der Waals surface area contributed by atoms with Crippen LogP contribution in [0.4, 0.5) is 0 Å². The molecule has 2 amide bonds. The van der Waals surface area contributed by atoms with Crippen LogP contribution in [0.15, 0.2) is 77.7 Å². The molecular formula is C20H18N2O2S. The van der Waals surface area contributed by atoms with Crippen molar-refractivity contribution in [1.29, 1.82) is 0 Å². The van der Waals surface area contributed by atoms with E-state index in [1.165, 1.54) is 17.1 Å². The Morgan fingerprint density at radius 3 is 2.28 bits per heavy atom. The molecule has 0 radical (unpaired) electrons. The van der Waals surface area contributed by atoms with Crippen molar-refractivity contribution in [1.82, 2.24) is 10.9 Å². The maximum atomic E-state index is 12.2. The Balaban J connectivity index is 1.57. The van der Waals surface area contributed by atoms with Gasteiger partial charge in [0.05, 0.1) is 5.25 Å². The summed E-state index contributed by atoms with van der Waals surface area (Å²) in [5.41, 5.74) is 5.42. The molecule has 25 heavy (non-hydrogen) atoms. The Labute approximate surface area is 150 Å².